The average molecular weight is 516 g/mol. The number of carbonyl (C=O) groups excluding carboxylic acids is 2. The Morgan fingerprint density at radius 2 is 1.74 bits per heavy atom. The van der Waals surface area contributed by atoms with Gasteiger partial charge in [-0.25, -0.2) is 9.97 Å². The molecule has 0 unspecified atom stereocenters. The standard InChI is InChI=1S/C28H33N7O3/c1-32(2)16-6-9-25(37)33(3)21-7-5-8-22(17-21)35(19-36)28-26(27(29)30-18-31-28)34(4)20-10-12-23(13-11-20)38-24-14-15-24/h5-13,17-19,24H,14-16H2,1-4H3,(H2,29,30,31)/b9-6+. The van der Waals surface area contributed by atoms with Gasteiger partial charge in [0.05, 0.1) is 11.8 Å². The van der Waals surface area contributed by atoms with Crippen LogP contribution in [0.3, 0.4) is 0 Å². The number of aromatic nitrogens is 2. The molecule has 10 heteroatoms. The number of nitrogens with zero attached hydrogens (tertiary/aromatic N) is 6. The van der Waals surface area contributed by atoms with Crippen LogP contribution in [0.2, 0.25) is 0 Å². The second-order valence-corrected chi connectivity index (χ2v) is 9.36. The molecule has 0 bridgehead atoms. The molecular formula is C28H33N7O3. The van der Waals surface area contributed by atoms with Crippen LogP contribution in [-0.2, 0) is 9.59 Å². The number of ether oxygens (including phenoxy) is 1. The van der Waals surface area contributed by atoms with E-state index in [1.807, 2.05) is 55.2 Å². The Kier molecular flexibility index (Phi) is 8.22. The van der Waals surface area contributed by atoms with Crippen LogP contribution >= 0.6 is 0 Å². The SMILES string of the molecule is CN(C)C/C=C/C(=O)N(C)c1cccc(N(C=O)c2ncnc(N)c2N(C)c2ccc(OC3CC3)cc2)c1. The quantitative estimate of drug-likeness (QED) is 0.304. The lowest BCUT2D eigenvalue weighted by molar-refractivity contribution is -0.114. The van der Waals surface area contributed by atoms with E-state index in [4.69, 9.17) is 10.5 Å². The highest BCUT2D eigenvalue weighted by Gasteiger charge is 2.24. The molecule has 0 aliphatic heterocycles. The van der Waals surface area contributed by atoms with Gasteiger partial charge in [-0.2, -0.15) is 0 Å². The van der Waals surface area contributed by atoms with E-state index in [0.717, 1.165) is 24.3 Å². The summed E-state index contributed by atoms with van der Waals surface area (Å²) >= 11 is 0. The maximum atomic E-state index is 12.7. The number of rotatable bonds is 11. The van der Waals surface area contributed by atoms with Crippen molar-refractivity contribution in [1.82, 2.24) is 14.9 Å². The lowest BCUT2D eigenvalue weighted by Gasteiger charge is -2.27. The fourth-order valence-corrected chi connectivity index (χ4v) is 3.82. The van der Waals surface area contributed by atoms with E-state index in [-0.39, 0.29) is 11.7 Å². The van der Waals surface area contributed by atoms with Crippen molar-refractivity contribution in [1.29, 1.82) is 0 Å². The smallest absolute Gasteiger partial charge is 0.250 e. The largest absolute Gasteiger partial charge is 0.490 e. The molecule has 1 aliphatic carbocycles. The Hall–Kier alpha value is -4.44. The average Bonchev–Trinajstić information content (AvgIpc) is 3.73. The van der Waals surface area contributed by atoms with Gasteiger partial charge in [0.2, 0.25) is 12.3 Å². The van der Waals surface area contributed by atoms with E-state index in [0.29, 0.717) is 41.9 Å². The topological polar surface area (TPSA) is 108 Å². The van der Waals surface area contributed by atoms with Crippen molar-refractivity contribution in [3.8, 4) is 5.75 Å². The van der Waals surface area contributed by atoms with Crippen LogP contribution in [0, 0.1) is 0 Å². The predicted molar refractivity (Wildman–Crippen MR) is 150 cm³/mol. The van der Waals surface area contributed by atoms with E-state index in [9.17, 15) is 9.59 Å². The molecule has 1 saturated carbocycles. The summed E-state index contributed by atoms with van der Waals surface area (Å²) in [6.45, 7) is 0.653. The minimum Gasteiger partial charge on any atom is -0.490 e. The summed E-state index contributed by atoms with van der Waals surface area (Å²) in [5, 5.41) is 0. The number of likely N-dealkylation sites (N-methyl/N-ethyl adjacent to an activating group) is 2. The summed E-state index contributed by atoms with van der Waals surface area (Å²) in [6, 6.07) is 14.8. The fraction of sp³-hybridized carbons (Fsp3) is 0.286. The third-order valence-electron chi connectivity index (χ3n) is 6.11. The van der Waals surface area contributed by atoms with Crippen LogP contribution < -0.4 is 25.2 Å². The number of amides is 2. The molecule has 2 N–H and O–H groups in total. The predicted octanol–water partition coefficient (Wildman–Crippen LogP) is 3.74. The molecule has 3 aromatic rings. The van der Waals surface area contributed by atoms with Crippen molar-refractivity contribution in [3.63, 3.8) is 0 Å². The van der Waals surface area contributed by atoms with Crippen molar-refractivity contribution >= 4 is 46.7 Å². The van der Waals surface area contributed by atoms with Crippen LogP contribution in [0.4, 0.5) is 34.4 Å². The molecule has 1 aliphatic rings. The monoisotopic (exact) mass is 515 g/mol. The molecule has 1 heterocycles. The molecule has 38 heavy (non-hydrogen) atoms. The third-order valence-corrected chi connectivity index (χ3v) is 6.11. The van der Waals surface area contributed by atoms with E-state index >= 15 is 0 Å². The normalized spacial score (nSPS) is 13.0. The molecule has 0 saturated heterocycles. The van der Waals surface area contributed by atoms with Crippen LogP contribution in [-0.4, -0.2) is 68.0 Å². The summed E-state index contributed by atoms with van der Waals surface area (Å²) < 4.78 is 5.85. The summed E-state index contributed by atoms with van der Waals surface area (Å²) in [5.74, 6) is 1.16. The van der Waals surface area contributed by atoms with Gasteiger partial charge >= 0.3 is 0 Å². The van der Waals surface area contributed by atoms with Gasteiger partial charge < -0.3 is 25.2 Å². The molecule has 4 rings (SSSR count). The Morgan fingerprint density at radius 1 is 1.03 bits per heavy atom. The third kappa shape index (κ3) is 6.27. The molecule has 0 atom stereocenters. The van der Waals surface area contributed by atoms with Crippen LogP contribution in [0.25, 0.3) is 0 Å². The van der Waals surface area contributed by atoms with Crippen LogP contribution in [0.15, 0.2) is 67.0 Å². The first kappa shape index (κ1) is 26.6. The van der Waals surface area contributed by atoms with Crippen molar-refractivity contribution in [2.24, 2.45) is 0 Å². The first-order chi connectivity index (χ1) is 18.3. The zero-order valence-electron chi connectivity index (χ0n) is 22.1. The Bertz CT molecular complexity index is 1310. The lowest BCUT2D eigenvalue weighted by Crippen LogP contribution is -2.25. The molecular weight excluding hydrogens is 482 g/mol. The Balaban J connectivity index is 1.62. The van der Waals surface area contributed by atoms with E-state index in [2.05, 4.69) is 9.97 Å². The first-order valence-electron chi connectivity index (χ1n) is 12.3. The summed E-state index contributed by atoms with van der Waals surface area (Å²) in [4.78, 5) is 40.3. The molecule has 0 spiro atoms. The molecule has 2 aromatic carbocycles. The summed E-state index contributed by atoms with van der Waals surface area (Å²) in [6.07, 6.45) is 7.80. The highest BCUT2D eigenvalue weighted by atomic mass is 16.5. The van der Waals surface area contributed by atoms with E-state index < -0.39 is 0 Å². The number of nitrogens with two attached hydrogens (primary N) is 1. The highest BCUT2D eigenvalue weighted by molar-refractivity contribution is 6.02. The van der Waals surface area contributed by atoms with Gasteiger partial charge in [-0.05, 0) is 69.4 Å². The number of anilines is 6. The van der Waals surface area contributed by atoms with Gasteiger partial charge in [-0.15, -0.1) is 0 Å². The number of hydrogen-bond acceptors (Lipinski definition) is 8. The summed E-state index contributed by atoms with van der Waals surface area (Å²) in [7, 11) is 7.38. The summed E-state index contributed by atoms with van der Waals surface area (Å²) in [5.41, 5.74) is 8.74. The fourth-order valence-electron chi connectivity index (χ4n) is 3.82. The van der Waals surface area contributed by atoms with Crippen molar-refractivity contribution < 1.29 is 14.3 Å². The highest BCUT2D eigenvalue weighted by Crippen LogP contribution is 2.39. The second kappa shape index (κ2) is 11.7. The molecule has 10 nitrogen and oxygen atoms in total. The number of carbonyl (C=O) groups is 2. The zero-order valence-corrected chi connectivity index (χ0v) is 22.1. The van der Waals surface area contributed by atoms with E-state index in [1.54, 1.807) is 37.4 Å². The number of benzene rings is 2. The van der Waals surface area contributed by atoms with Crippen molar-refractivity contribution in [2.45, 2.75) is 18.9 Å². The van der Waals surface area contributed by atoms with Gasteiger partial charge in [-0.3, -0.25) is 14.5 Å². The van der Waals surface area contributed by atoms with Crippen molar-refractivity contribution in [2.75, 3.05) is 55.2 Å². The maximum absolute atomic E-state index is 12.7. The minimum absolute atomic E-state index is 0.178. The second-order valence-electron chi connectivity index (χ2n) is 9.36. The molecule has 0 radical (unpaired) electrons. The number of hydrogen-bond donors (Lipinski definition) is 1. The number of nitrogen functional groups attached to an aromatic ring is 1. The molecule has 1 aromatic heterocycles. The van der Waals surface area contributed by atoms with Crippen molar-refractivity contribution in [3.05, 3.63) is 67.0 Å². The Morgan fingerprint density at radius 3 is 2.39 bits per heavy atom. The van der Waals surface area contributed by atoms with Gasteiger partial charge in [0.15, 0.2) is 11.6 Å². The first-order valence-corrected chi connectivity index (χ1v) is 12.3. The van der Waals surface area contributed by atoms with Crippen LogP contribution in [0.5, 0.6) is 5.75 Å². The minimum atomic E-state index is -0.178. The van der Waals surface area contributed by atoms with Gasteiger partial charge in [-0.1, -0.05) is 12.1 Å². The maximum Gasteiger partial charge on any atom is 0.250 e. The Labute approximate surface area is 222 Å². The van der Waals surface area contributed by atoms with Gasteiger partial charge in [0, 0.05) is 38.1 Å². The van der Waals surface area contributed by atoms with E-state index in [1.165, 1.54) is 22.2 Å². The molecule has 198 valence electrons. The van der Waals surface area contributed by atoms with Gasteiger partial charge in [0.1, 0.15) is 17.8 Å². The molecule has 1 fully saturated rings. The zero-order chi connectivity index (χ0) is 27.2. The van der Waals surface area contributed by atoms with Gasteiger partial charge in [0.25, 0.3) is 0 Å². The molecule has 2 amide bonds. The lowest BCUT2D eigenvalue weighted by atomic mass is 10.2. The van der Waals surface area contributed by atoms with Crippen LogP contribution in [0.1, 0.15) is 12.8 Å².